The number of thiocarbonyl (C=S) groups is 1. The molecule has 0 amide bonds. The predicted molar refractivity (Wildman–Crippen MR) is 87.7 cm³/mol. The maximum atomic E-state index is 12.4. The second-order valence-corrected chi connectivity index (χ2v) is 7.61. The molecule has 1 saturated heterocycles. The van der Waals surface area contributed by atoms with Crippen molar-refractivity contribution < 1.29 is 8.42 Å². The zero-order valence-corrected chi connectivity index (χ0v) is 13.7. The summed E-state index contributed by atoms with van der Waals surface area (Å²) in [7, 11) is -3.45. The van der Waals surface area contributed by atoms with Crippen molar-refractivity contribution in [2.75, 3.05) is 19.6 Å². The van der Waals surface area contributed by atoms with Crippen molar-refractivity contribution >= 4 is 27.2 Å². The Morgan fingerprint density at radius 1 is 1.38 bits per heavy atom. The summed E-state index contributed by atoms with van der Waals surface area (Å²) >= 11 is 4.90. The minimum Gasteiger partial charge on any atom is -0.392 e. The molecule has 1 aromatic rings. The average Bonchev–Trinajstić information content (AvgIpc) is 2.40. The second kappa shape index (κ2) is 6.83. The van der Waals surface area contributed by atoms with Crippen LogP contribution in [-0.4, -0.2) is 44.0 Å². The van der Waals surface area contributed by atoms with Gasteiger partial charge in [-0.2, -0.15) is 0 Å². The van der Waals surface area contributed by atoms with E-state index in [1.165, 1.54) is 0 Å². The van der Waals surface area contributed by atoms with Gasteiger partial charge in [-0.15, -0.1) is 0 Å². The number of sulfonamides is 1. The lowest BCUT2D eigenvalue weighted by Crippen LogP contribution is -2.46. The van der Waals surface area contributed by atoms with Crippen LogP contribution >= 0.6 is 12.2 Å². The van der Waals surface area contributed by atoms with Crippen LogP contribution in [0, 0.1) is 6.92 Å². The van der Waals surface area contributed by atoms with E-state index in [9.17, 15) is 8.42 Å². The normalized spacial score (nSPS) is 17.8. The molecule has 3 N–H and O–H groups in total. The van der Waals surface area contributed by atoms with Gasteiger partial charge in [-0.25, -0.2) is 13.1 Å². The van der Waals surface area contributed by atoms with E-state index < -0.39 is 10.0 Å². The monoisotopic (exact) mass is 327 g/mol. The molecule has 0 aromatic heterocycles. The molecular formula is C14H21N3O2S2. The zero-order chi connectivity index (χ0) is 15.5. The van der Waals surface area contributed by atoms with Crippen LogP contribution in [0.15, 0.2) is 29.2 Å². The molecule has 0 bridgehead atoms. The highest BCUT2D eigenvalue weighted by molar-refractivity contribution is 7.89. The first-order valence-electron chi connectivity index (χ1n) is 6.97. The number of aryl methyl sites for hydroxylation is 1. The lowest BCUT2D eigenvalue weighted by atomic mass is 10.1. The Bertz CT molecular complexity index is 608. The molecule has 5 nitrogen and oxygen atoms in total. The molecule has 1 aromatic carbocycles. The molecule has 0 unspecified atom stereocenters. The van der Waals surface area contributed by atoms with Crippen LogP contribution in [-0.2, 0) is 10.0 Å². The third-order valence-electron chi connectivity index (χ3n) is 3.67. The first-order chi connectivity index (χ1) is 9.88. The third-order valence-corrected chi connectivity index (χ3v) is 5.48. The topological polar surface area (TPSA) is 75.4 Å². The Morgan fingerprint density at radius 2 is 2.00 bits per heavy atom. The van der Waals surface area contributed by atoms with Gasteiger partial charge in [0.1, 0.15) is 0 Å². The van der Waals surface area contributed by atoms with E-state index in [0.29, 0.717) is 16.4 Å². The van der Waals surface area contributed by atoms with Gasteiger partial charge in [-0.3, -0.25) is 4.90 Å². The lowest BCUT2D eigenvalue weighted by molar-refractivity contribution is 0.233. The van der Waals surface area contributed by atoms with Gasteiger partial charge < -0.3 is 5.73 Å². The molecule has 0 aliphatic carbocycles. The summed E-state index contributed by atoms with van der Waals surface area (Å²) < 4.78 is 27.6. The highest BCUT2D eigenvalue weighted by atomic mass is 32.2. The van der Waals surface area contributed by atoms with Crippen molar-refractivity contribution in [3.05, 3.63) is 29.8 Å². The van der Waals surface area contributed by atoms with Crippen LogP contribution in [0.1, 0.15) is 18.4 Å². The molecule has 1 heterocycles. The highest BCUT2D eigenvalue weighted by Crippen LogP contribution is 2.17. The van der Waals surface area contributed by atoms with E-state index in [1.807, 2.05) is 6.07 Å². The fourth-order valence-corrected chi connectivity index (χ4v) is 4.30. The van der Waals surface area contributed by atoms with Crippen LogP contribution in [0.4, 0.5) is 0 Å². The molecule has 21 heavy (non-hydrogen) atoms. The summed E-state index contributed by atoms with van der Waals surface area (Å²) in [6.45, 7) is 4.02. The van der Waals surface area contributed by atoms with Gasteiger partial charge >= 0.3 is 0 Å². The molecule has 7 heteroatoms. The van der Waals surface area contributed by atoms with Crippen molar-refractivity contribution in [1.82, 2.24) is 9.62 Å². The molecule has 0 saturated carbocycles. The number of nitrogens with one attached hydrogen (secondary N) is 1. The van der Waals surface area contributed by atoms with Gasteiger partial charge in [0.2, 0.25) is 10.0 Å². The number of nitrogens with two attached hydrogens (primary N) is 1. The molecule has 0 spiro atoms. The molecule has 1 fully saturated rings. The summed E-state index contributed by atoms with van der Waals surface area (Å²) in [6.07, 6.45) is 1.54. The average molecular weight is 327 g/mol. The third kappa shape index (κ3) is 4.47. The molecule has 0 radical (unpaired) electrons. The fraction of sp³-hybridized carbons (Fsp3) is 0.500. The SMILES string of the molecule is Cc1ccccc1S(=O)(=O)NC1CCN(CC(N)=S)CC1. The number of hydrogen-bond acceptors (Lipinski definition) is 4. The van der Waals surface area contributed by atoms with E-state index in [0.717, 1.165) is 31.5 Å². The predicted octanol–water partition coefficient (Wildman–Crippen LogP) is 1.02. The second-order valence-electron chi connectivity index (χ2n) is 5.40. The molecule has 0 atom stereocenters. The summed E-state index contributed by atoms with van der Waals surface area (Å²) in [5.41, 5.74) is 6.29. The minimum atomic E-state index is -3.45. The number of likely N-dealkylation sites (tertiary alicyclic amines) is 1. The molecule has 2 rings (SSSR count). The Balaban J connectivity index is 1.97. The quantitative estimate of drug-likeness (QED) is 0.790. The molecular weight excluding hydrogens is 306 g/mol. The van der Waals surface area contributed by atoms with Crippen molar-refractivity contribution in [3.8, 4) is 0 Å². The van der Waals surface area contributed by atoms with Gasteiger partial charge in [-0.1, -0.05) is 30.4 Å². The van der Waals surface area contributed by atoms with E-state index in [2.05, 4.69) is 9.62 Å². The van der Waals surface area contributed by atoms with Gasteiger partial charge in [0.15, 0.2) is 0 Å². The summed E-state index contributed by atoms with van der Waals surface area (Å²) in [5, 5.41) is 0. The van der Waals surface area contributed by atoms with Crippen LogP contribution in [0.25, 0.3) is 0 Å². The fourth-order valence-electron chi connectivity index (χ4n) is 2.57. The molecule has 1 aliphatic rings. The largest absolute Gasteiger partial charge is 0.392 e. The summed E-state index contributed by atoms with van der Waals surface area (Å²) in [4.78, 5) is 2.99. The Morgan fingerprint density at radius 3 is 2.57 bits per heavy atom. The highest BCUT2D eigenvalue weighted by Gasteiger charge is 2.25. The first-order valence-corrected chi connectivity index (χ1v) is 8.86. The number of benzene rings is 1. The maximum absolute atomic E-state index is 12.4. The van der Waals surface area contributed by atoms with Gasteiger partial charge in [-0.05, 0) is 31.4 Å². The van der Waals surface area contributed by atoms with E-state index in [4.69, 9.17) is 18.0 Å². The van der Waals surface area contributed by atoms with Gasteiger partial charge in [0.25, 0.3) is 0 Å². The minimum absolute atomic E-state index is 0.0304. The van der Waals surface area contributed by atoms with E-state index in [1.54, 1.807) is 25.1 Å². The van der Waals surface area contributed by atoms with Crippen molar-refractivity contribution in [3.63, 3.8) is 0 Å². The van der Waals surface area contributed by atoms with Crippen LogP contribution in [0.5, 0.6) is 0 Å². The molecule has 1 aliphatic heterocycles. The van der Waals surface area contributed by atoms with Crippen LogP contribution in [0.3, 0.4) is 0 Å². The Hall–Kier alpha value is -1.02. The Kier molecular flexibility index (Phi) is 5.32. The van der Waals surface area contributed by atoms with Crippen molar-refractivity contribution in [2.45, 2.75) is 30.7 Å². The number of hydrogen-bond donors (Lipinski definition) is 2. The number of piperidine rings is 1. The number of rotatable bonds is 5. The number of nitrogens with zero attached hydrogens (tertiary/aromatic N) is 1. The standard InChI is InChI=1S/C14H21N3O2S2/c1-11-4-2-3-5-13(11)21(18,19)16-12-6-8-17(9-7-12)10-14(15)20/h2-5,12,16H,6-10H2,1H3,(H2,15,20). The summed E-state index contributed by atoms with van der Waals surface area (Å²) in [5.74, 6) is 0. The first kappa shape index (κ1) is 16.4. The summed E-state index contributed by atoms with van der Waals surface area (Å²) in [6, 6.07) is 6.99. The zero-order valence-electron chi connectivity index (χ0n) is 12.1. The van der Waals surface area contributed by atoms with E-state index >= 15 is 0 Å². The van der Waals surface area contributed by atoms with Gasteiger partial charge in [0, 0.05) is 25.7 Å². The molecule has 116 valence electrons. The van der Waals surface area contributed by atoms with Crippen molar-refractivity contribution in [2.24, 2.45) is 5.73 Å². The van der Waals surface area contributed by atoms with Crippen molar-refractivity contribution in [1.29, 1.82) is 0 Å². The Labute approximate surface area is 131 Å². The van der Waals surface area contributed by atoms with Crippen LogP contribution in [0.2, 0.25) is 0 Å². The van der Waals surface area contributed by atoms with Gasteiger partial charge in [0.05, 0.1) is 9.88 Å². The maximum Gasteiger partial charge on any atom is 0.241 e. The smallest absolute Gasteiger partial charge is 0.241 e. The lowest BCUT2D eigenvalue weighted by Gasteiger charge is -2.31. The van der Waals surface area contributed by atoms with Crippen LogP contribution < -0.4 is 10.5 Å². The van der Waals surface area contributed by atoms with E-state index in [-0.39, 0.29) is 6.04 Å².